The summed E-state index contributed by atoms with van der Waals surface area (Å²) < 4.78 is 0. The van der Waals surface area contributed by atoms with Crippen molar-refractivity contribution in [2.75, 3.05) is 32.7 Å². The Morgan fingerprint density at radius 2 is 1.64 bits per heavy atom. The first-order chi connectivity index (χ1) is 13.6. The van der Waals surface area contributed by atoms with Crippen LogP contribution in [0.5, 0.6) is 0 Å². The van der Waals surface area contributed by atoms with Gasteiger partial charge in [-0.15, -0.1) is 0 Å². The fourth-order valence-corrected chi connectivity index (χ4v) is 4.81. The minimum absolute atomic E-state index is 0.176. The average Bonchev–Trinajstić information content (AvgIpc) is 3.54. The molecule has 2 heterocycles. The predicted molar refractivity (Wildman–Crippen MR) is 112 cm³/mol. The van der Waals surface area contributed by atoms with E-state index in [4.69, 9.17) is 0 Å². The number of fused-ring (bicyclic) bond motifs is 1. The fourth-order valence-electron chi connectivity index (χ4n) is 4.81. The van der Waals surface area contributed by atoms with Gasteiger partial charge in [-0.2, -0.15) is 0 Å². The molecule has 0 N–H and O–H groups in total. The third kappa shape index (κ3) is 5.02. The maximum absolute atomic E-state index is 12.8. The summed E-state index contributed by atoms with van der Waals surface area (Å²) in [5, 5.41) is 0. The van der Waals surface area contributed by atoms with Crippen molar-refractivity contribution in [3.8, 4) is 0 Å². The van der Waals surface area contributed by atoms with Gasteiger partial charge in [0.15, 0.2) is 5.78 Å². The summed E-state index contributed by atoms with van der Waals surface area (Å²) in [7, 11) is 0. The molecule has 1 amide bonds. The second kappa shape index (κ2) is 8.77. The Kier molecular flexibility index (Phi) is 6.15. The van der Waals surface area contributed by atoms with E-state index in [0.29, 0.717) is 12.3 Å². The van der Waals surface area contributed by atoms with Crippen LogP contribution in [0.3, 0.4) is 0 Å². The number of amides is 1. The van der Waals surface area contributed by atoms with Crippen molar-refractivity contribution in [2.24, 2.45) is 11.8 Å². The van der Waals surface area contributed by atoms with Gasteiger partial charge >= 0.3 is 0 Å². The largest absolute Gasteiger partial charge is 0.343 e. The van der Waals surface area contributed by atoms with Crippen LogP contribution in [0.4, 0.5) is 0 Å². The highest BCUT2D eigenvalue weighted by molar-refractivity contribution is 5.96. The third-order valence-electron chi connectivity index (χ3n) is 6.98. The van der Waals surface area contributed by atoms with Crippen LogP contribution in [0.25, 0.3) is 0 Å². The number of nitrogens with zero attached hydrogens (tertiary/aromatic N) is 2. The molecule has 152 valence electrons. The van der Waals surface area contributed by atoms with Crippen LogP contribution in [0.2, 0.25) is 0 Å². The molecule has 0 spiro atoms. The van der Waals surface area contributed by atoms with Gasteiger partial charge in [-0.1, -0.05) is 12.1 Å². The maximum atomic E-state index is 12.8. The Labute approximate surface area is 169 Å². The number of hydrogen-bond donors (Lipinski definition) is 0. The Bertz CT molecular complexity index is 717. The molecular weight excluding hydrogens is 348 g/mol. The maximum Gasteiger partial charge on any atom is 0.219 e. The lowest BCUT2D eigenvalue weighted by Gasteiger charge is -2.31. The standard InChI is InChI=1S/C24H34N2O2/c1-18(27)26-14-8-19(9-15-26)4-7-24(28)23-6-5-21-10-12-25(17-20-2-3-20)13-11-22(21)16-23/h5-6,16,19-20H,2-4,7-15,17H2,1H3. The topological polar surface area (TPSA) is 40.6 Å². The van der Waals surface area contributed by atoms with Gasteiger partial charge in [-0.25, -0.2) is 0 Å². The third-order valence-corrected chi connectivity index (χ3v) is 6.98. The SMILES string of the molecule is CC(=O)N1CCC(CCC(=O)c2ccc3c(c2)CCN(CC2CC2)CC3)CC1. The number of hydrogen-bond acceptors (Lipinski definition) is 3. The molecule has 1 aromatic carbocycles. The summed E-state index contributed by atoms with van der Waals surface area (Å²) in [5.41, 5.74) is 3.72. The molecule has 0 radical (unpaired) electrons. The van der Waals surface area contributed by atoms with Gasteiger partial charge in [-0.3, -0.25) is 9.59 Å². The lowest BCUT2D eigenvalue weighted by Crippen LogP contribution is -2.37. The van der Waals surface area contributed by atoms with E-state index in [-0.39, 0.29) is 11.7 Å². The Hall–Kier alpha value is -1.68. The van der Waals surface area contributed by atoms with Gasteiger partial charge in [0.25, 0.3) is 0 Å². The van der Waals surface area contributed by atoms with Crippen molar-refractivity contribution in [1.82, 2.24) is 9.80 Å². The molecule has 0 aromatic heterocycles. The zero-order chi connectivity index (χ0) is 19.5. The van der Waals surface area contributed by atoms with Crippen LogP contribution in [-0.4, -0.2) is 54.2 Å². The Morgan fingerprint density at radius 1 is 0.929 bits per heavy atom. The molecule has 1 aliphatic carbocycles. The number of likely N-dealkylation sites (tertiary alicyclic amines) is 1. The summed E-state index contributed by atoms with van der Waals surface area (Å²) in [6, 6.07) is 6.43. The van der Waals surface area contributed by atoms with E-state index in [2.05, 4.69) is 23.1 Å². The molecule has 0 atom stereocenters. The monoisotopic (exact) mass is 382 g/mol. The number of piperidine rings is 1. The van der Waals surface area contributed by atoms with Crippen molar-refractivity contribution in [3.05, 3.63) is 34.9 Å². The number of benzene rings is 1. The number of Topliss-reactive ketones (excluding diaryl/α,β-unsaturated/α-hetero) is 1. The number of ketones is 1. The molecule has 4 heteroatoms. The molecule has 2 fully saturated rings. The number of carbonyl (C=O) groups is 2. The smallest absolute Gasteiger partial charge is 0.219 e. The van der Waals surface area contributed by atoms with Gasteiger partial charge in [0.1, 0.15) is 0 Å². The van der Waals surface area contributed by atoms with E-state index in [1.165, 1.54) is 30.5 Å². The van der Waals surface area contributed by atoms with Crippen LogP contribution < -0.4 is 0 Å². The molecule has 4 rings (SSSR count). The van der Waals surface area contributed by atoms with E-state index in [1.54, 1.807) is 6.92 Å². The molecule has 0 bridgehead atoms. The normalized spacial score (nSPS) is 21.2. The molecule has 1 saturated heterocycles. The van der Waals surface area contributed by atoms with Crippen LogP contribution in [0.15, 0.2) is 18.2 Å². The zero-order valence-corrected chi connectivity index (χ0v) is 17.3. The molecular formula is C24H34N2O2. The summed E-state index contributed by atoms with van der Waals surface area (Å²) in [6.07, 6.45) is 8.68. The molecule has 3 aliphatic rings. The van der Waals surface area contributed by atoms with Crippen molar-refractivity contribution < 1.29 is 9.59 Å². The average molecular weight is 383 g/mol. The van der Waals surface area contributed by atoms with E-state index in [0.717, 1.165) is 69.8 Å². The van der Waals surface area contributed by atoms with Crippen LogP contribution in [-0.2, 0) is 17.6 Å². The summed E-state index contributed by atoms with van der Waals surface area (Å²) >= 11 is 0. The minimum atomic E-state index is 0.176. The first kappa shape index (κ1) is 19.6. The summed E-state index contributed by atoms with van der Waals surface area (Å²) in [4.78, 5) is 28.8. The van der Waals surface area contributed by atoms with Gasteiger partial charge in [-0.05, 0) is 74.0 Å². The first-order valence-corrected chi connectivity index (χ1v) is 11.2. The molecule has 28 heavy (non-hydrogen) atoms. The molecule has 1 aromatic rings. The zero-order valence-electron chi connectivity index (χ0n) is 17.3. The summed E-state index contributed by atoms with van der Waals surface area (Å²) in [5.74, 6) is 1.99. The number of rotatable bonds is 6. The van der Waals surface area contributed by atoms with E-state index in [9.17, 15) is 9.59 Å². The molecule has 0 unspecified atom stereocenters. The van der Waals surface area contributed by atoms with Crippen molar-refractivity contribution in [1.29, 1.82) is 0 Å². The van der Waals surface area contributed by atoms with Crippen molar-refractivity contribution in [2.45, 2.75) is 58.3 Å². The second-order valence-electron chi connectivity index (χ2n) is 9.14. The van der Waals surface area contributed by atoms with Gasteiger partial charge < -0.3 is 9.80 Å². The minimum Gasteiger partial charge on any atom is -0.343 e. The lowest BCUT2D eigenvalue weighted by atomic mass is 9.89. The second-order valence-corrected chi connectivity index (χ2v) is 9.14. The predicted octanol–water partition coefficient (Wildman–Crippen LogP) is 3.72. The van der Waals surface area contributed by atoms with Crippen molar-refractivity contribution in [3.63, 3.8) is 0 Å². The highest BCUT2D eigenvalue weighted by Gasteiger charge is 2.26. The van der Waals surface area contributed by atoms with Gasteiger partial charge in [0, 0.05) is 51.6 Å². The van der Waals surface area contributed by atoms with Gasteiger partial charge in [0.05, 0.1) is 0 Å². The van der Waals surface area contributed by atoms with E-state index in [1.807, 2.05) is 4.90 Å². The molecule has 4 nitrogen and oxygen atoms in total. The van der Waals surface area contributed by atoms with Crippen LogP contribution >= 0.6 is 0 Å². The van der Waals surface area contributed by atoms with Gasteiger partial charge in [0.2, 0.25) is 5.91 Å². The molecule has 1 saturated carbocycles. The fraction of sp³-hybridized carbons (Fsp3) is 0.667. The van der Waals surface area contributed by atoms with E-state index < -0.39 is 0 Å². The summed E-state index contributed by atoms with van der Waals surface area (Å²) in [6.45, 7) is 6.91. The van der Waals surface area contributed by atoms with Crippen molar-refractivity contribution >= 4 is 11.7 Å². The lowest BCUT2D eigenvalue weighted by molar-refractivity contribution is -0.130. The quantitative estimate of drug-likeness (QED) is 0.704. The molecule has 2 aliphatic heterocycles. The Morgan fingerprint density at radius 3 is 2.32 bits per heavy atom. The first-order valence-electron chi connectivity index (χ1n) is 11.2. The van der Waals surface area contributed by atoms with E-state index >= 15 is 0 Å². The highest BCUT2D eigenvalue weighted by atomic mass is 16.2. The van der Waals surface area contributed by atoms with Crippen LogP contribution in [0.1, 0.15) is 66.9 Å². The highest BCUT2D eigenvalue weighted by Crippen LogP contribution is 2.30. The Balaban J connectivity index is 1.28. The van der Waals surface area contributed by atoms with Crippen LogP contribution in [0, 0.1) is 11.8 Å². The number of carbonyl (C=O) groups excluding carboxylic acids is 2.